The fourth-order valence-corrected chi connectivity index (χ4v) is 2.59. The summed E-state index contributed by atoms with van der Waals surface area (Å²) in [7, 11) is 0. The van der Waals surface area contributed by atoms with Crippen LogP contribution in [0.5, 0.6) is 5.19 Å². The topological polar surface area (TPSA) is 75.1 Å². The van der Waals surface area contributed by atoms with E-state index in [9.17, 15) is 10.2 Å². The van der Waals surface area contributed by atoms with Crippen molar-refractivity contribution in [3.05, 3.63) is 47.0 Å². The molecule has 6 nitrogen and oxygen atoms in total. The molecule has 0 aliphatic carbocycles. The average molecular weight is 294 g/mol. The van der Waals surface area contributed by atoms with E-state index >= 15 is 0 Å². The Hall–Kier alpha value is -1.51. The highest BCUT2D eigenvalue weighted by Crippen LogP contribution is 2.38. The first kappa shape index (κ1) is 13.5. The van der Waals surface area contributed by atoms with Crippen LogP contribution in [0.25, 0.3) is 0 Å². The van der Waals surface area contributed by atoms with Gasteiger partial charge in [-0.15, -0.1) is 5.06 Å². The molecule has 2 atom stereocenters. The summed E-state index contributed by atoms with van der Waals surface area (Å²) in [5, 5.41) is 23.7. The Morgan fingerprint density at radius 3 is 2.45 bits per heavy atom. The zero-order valence-electron chi connectivity index (χ0n) is 10.5. The molecule has 0 bridgehead atoms. The third kappa shape index (κ3) is 2.54. The largest absolute Gasteiger partial charge is 0.468 e. The van der Waals surface area contributed by atoms with E-state index in [1.165, 1.54) is 11.3 Å². The van der Waals surface area contributed by atoms with Crippen LogP contribution in [0.4, 0.5) is 0 Å². The number of fused-ring (bicyclic) bond motifs is 1. The molecule has 2 heterocycles. The van der Waals surface area contributed by atoms with Crippen molar-refractivity contribution in [3.63, 3.8) is 0 Å². The summed E-state index contributed by atoms with van der Waals surface area (Å²) in [5.74, 6) is 0. The molecule has 0 saturated carbocycles. The molecule has 3 rings (SSSR count). The van der Waals surface area contributed by atoms with Crippen LogP contribution in [-0.2, 0) is 4.84 Å². The van der Waals surface area contributed by atoms with Crippen LogP contribution < -0.4 is 4.74 Å². The fourth-order valence-electron chi connectivity index (χ4n) is 2.08. The summed E-state index contributed by atoms with van der Waals surface area (Å²) in [6, 6.07) is 7.14. The van der Waals surface area contributed by atoms with E-state index in [2.05, 4.69) is 4.98 Å². The van der Waals surface area contributed by atoms with Gasteiger partial charge < -0.3 is 14.9 Å². The summed E-state index contributed by atoms with van der Waals surface area (Å²) in [4.78, 5) is 9.37. The van der Waals surface area contributed by atoms with E-state index in [4.69, 9.17) is 9.57 Å². The normalized spacial score (nSPS) is 21.9. The van der Waals surface area contributed by atoms with Gasteiger partial charge in [-0.2, -0.15) is 0 Å². The number of aromatic nitrogens is 1. The Kier molecular flexibility index (Phi) is 3.95. The third-order valence-electron chi connectivity index (χ3n) is 2.99. The molecular formula is C13H14N2O4S. The number of hydroxylamine groups is 2. The summed E-state index contributed by atoms with van der Waals surface area (Å²) >= 11 is 1.40. The molecule has 1 aliphatic rings. The highest BCUT2D eigenvalue weighted by molar-refractivity contribution is 7.11. The van der Waals surface area contributed by atoms with Crippen LogP contribution in [0.1, 0.15) is 23.6 Å². The molecule has 2 unspecified atom stereocenters. The predicted octanol–water partition coefficient (Wildman–Crippen LogP) is 1.45. The van der Waals surface area contributed by atoms with Crippen LogP contribution in [0.15, 0.2) is 35.8 Å². The zero-order valence-corrected chi connectivity index (χ0v) is 11.4. The van der Waals surface area contributed by atoms with Gasteiger partial charge in [0.15, 0.2) is 12.5 Å². The Labute approximate surface area is 119 Å². The Morgan fingerprint density at radius 2 is 1.85 bits per heavy atom. The molecule has 1 aliphatic heterocycles. The number of hydrogen-bond acceptors (Lipinski definition) is 7. The van der Waals surface area contributed by atoms with Crippen molar-refractivity contribution in [1.29, 1.82) is 0 Å². The van der Waals surface area contributed by atoms with Crippen LogP contribution in [0.2, 0.25) is 0 Å². The number of nitrogens with zero attached hydrogens (tertiary/aromatic N) is 2. The molecule has 2 N–H and O–H groups in total. The standard InChI is InChI=1S/C13H14N2O4S/c16-11-9-3-1-2-4-10(9)12(17)15(11)19-7-6-18-13-14-5-8-20-13/h1-5,8,11-12,16-17H,6-7H2. The number of aliphatic hydroxyl groups is 2. The van der Waals surface area contributed by atoms with Crippen molar-refractivity contribution in [1.82, 2.24) is 10.0 Å². The van der Waals surface area contributed by atoms with E-state index in [1.807, 2.05) is 17.5 Å². The first-order valence-corrected chi connectivity index (χ1v) is 7.04. The maximum Gasteiger partial charge on any atom is 0.273 e. The molecule has 2 aromatic rings. The minimum atomic E-state index is -0.971. The van der Waals surface area contributed by atoms with Crippen LogP contribution >= 0.6 is 11.3 Å². The molecule has 0 spiro atoms. The van der Waals surface area contributed by atoms with Crippen molar-refractivity contribution >= 4 is 11.3 Å². The summed E-state index contributed by atoms with van der Waals surface area (Å²) in [6.45, 7) is 0.501. The number of rotatable bonds is 5. The highest BCUT2D eigenvalue weighted by atomic mass is 32.1. The van der Waals surface area contributed by atoms with Gasteiger partial charge in [0.25, 0.3) is 5.19 Å². The number of benzene rings is 1. The van der Waals surface area contributed by atoms with Crippen LogP contribution in [0, 0.1) is 0 Å². The van der Waals surface area contributed by atoms with E-state index in [0.717, 1.165) is 5.06 Å². The Bertz CT molecular complexity index is 534. The molecule has 0 fully saturated rings. The van der Waals surface area contributed by atoms with Gasteiger partial charge in [-0.25, -0.2) is 4.98 Å². The third-order valence-corrected chi connectivity index (χ3v) is 3.68. The summed E-state index contributed by atoms with van der Waals surface area (Å²) < 4.78 is 5.35. The van der Waals surface area contributed by atoms with Crippen molar-refractivity contribution in [2.75, 3.05) is 13.2 Å². The maximum atomic E-state index is 10.1. The molecule has 0 radical (unpaired) electrons. The number of hydrogen-bond donors (Lipinski definition) is 2. The van der Waals surface area contributed by atoms with Gasteiger partial charge in [-0.1, -0.05) is 35.6 Å². The Balaban J connectivity index is 1.54. The van der Waals surface area contributed by atoms with Gasteiger partial charge in [-0.05, 0) is 0 Å². The maximum absolute atomic E-state index is 10.1. The lowest BCUT2D eigenvalue weighted by Gasteiger charge is -2.23. The lowest BCUT2D eigenvalue weighted by atomic mass is 10.1. The molecule has 0 amide bonds. The average Bonchev–Trinajstić information content (AvgIpc) is 3.06. The van der Waals surface area contributed by atoms with Crippen molar-refractivity contribution in [2.24, 2.45) is 0 Å². The van der Waals surface area contributed by atoms with Gasteiger partial charge in [0, 0.05) is 22.7 Å². The van der Waals surface area contributed by atoms with Gasteiger partial charge in [0.2, 0.25) is 0 Å². The number of thiazole rings is 1. The predicted molar refractivity (Wildman–Crippen MR) is 71.8 cm³/mol. The minimum absolute atomic E-state index is 0.210. The molecule has 106 valence electrons. The monoisotopic (exact) mass is 294 g/mol. The van der Waals surface area contributed by atoms with E-state index < -0.39 is 12.5 Å². The molecule has 0 saturated heterocycles. The number of aliphatic hydroxyl groups excluding tert-OH is 2. The van der Waals surface area contributed by atoms with Crippen molar-refractivity contribution < 1.29 is 19.8 Å². The second-order valence-corrected chi connectivity index (χ2v) is 5.07. The van der Waals surface area contributed by atoms with Crippen molar-refractivity contribution in [3.8, 4) is 5.19 Å². The van der Waals surface area contributed by atoms with Crippen LogP contribution in [-0.4, -0.2) is 33.5 Å². The SMILES string of the molecule is OC1c2ccccc2C(O)N1OCCOc1nccs1. The van der Waals surface area contributed by atoms with E-state index in [-0.39, 0.29) is 6.61 Å². The minimum Gasteiger partial charge on any atom is -0.468 e. The van der Waals surface area contributed by atoms with Crippen molar-refractivity contribution in [2.45, 2.75) is 12.5 Å². The Morgan fingerprint density at radius 1 is 1.15 bits per heavy atom. The van der Waals surface area contributed by atoms with E-state index in [0.29, 0.717) is 22.9 Å². The lowest BCUT2D eigenvalue weighted by molar-refractivity contribution is -0.297. The zero-order chi connectivity index (χ0) is 13.9. The number of ether oxygens (including phenoxy) is 1. The first-order chi connectivity index (χ1) is 9.77. The van der Waals surface area contributed by atoms with Gasteiger partial charge in [-0.3, -0.25) is 4.84 Å². The molecule has 20 heavy (non-hydrogen) atoms. The fraction of sp³-hybridized carbons (Fsp3) is 0.308. The summed E-state index contributed by atoms with van der Waals surface area (Å²) in [6.07, 6.45) is -0.284. The lowest BCUT2D eigenvalue weighted by Crippen LogP contribution is -2.28. The molecule has 7 heteroatoms. The summed E-state index contributed by atoms with van der Waals surface area (Å²) in [5.41, 5.74) is 1.31. The molecule has 1 aromatic carbocycles. The van der Waals surface area contributed by atoms with Gasteiger partial charge in [0.05, 0.1) is 0 Å². The first-order valence-electron chi connectivity index (χ1n) is 6.16. The highest BCUT2D eigenvalue weighted by Gasteiger charge is 2.37. The quantitative estimate of drug-likeness (QED) is 0.813. The second kappa shape index (κ2) is 5.86. The van der Waals surface area contributed by atoms with Crippen LogP contribution in [0.3, 0.4) is 0 Å². The van der Waals surface area contributed by atoms with E-state index in [1.54, 1.807) is 18.3 Å². The van der Waals surface area contributed by atoms with Gasteiger partial charge >= 0.3 is 0 Å². The smallest absolute Gasteiger partial charge is 0.273 e. The molecular weight excluding hydrogens is 280 g/mol. The molecule has 1 aromatic heterocycles. The van der Waals surface area contributed by atoms with Gasteiger partial charge in [0.1, 0.15) is 13.2 Å². The second-order valence-electron chi connectivity index (χ2n) is 4.22.